The fourth-order valence-electron chi connectivity index (χ4n) is 2.73. The number of hydrogen-bond donors (Lipinski definition) is 1. The summed E-state index contributed by atoms with van der Waals surface area (Å²) >= 11 is 1.56. The van der Waals surface area contributed by atoms with Gasteiger partial charge in [0, 0.05) is 18.1 Å². The summed E-state index contributed by atoms with van der Waals surface area (Å²) in [7, 11) is 1.63. The molecular weight excluding hydrogens is 336 g/mol. The number of rotatable bonds is 2. The number of anilines is 1. The van der Waals surface area contributed by atoms with Crippen LogP contribution in [0.4, 0.5) is 5.69 Å². The Hall–Kier alpha value is -3.06. The van der Waals surface area contributed by atoms with E-state index in [0.29, 0.717) is 16.6 Å². The number of fused-ring (bicyclic) bond motifs is 2. The topological polar surface area (TPSA) is 79.0 Å². The standard InChI is InChI=1S/C18H14N4O2S/c1-10-19-14-8-7-11(9-15(14)25-10)22(2)18(24)16-17(23)12-5-3-4-6-13(12)20-21-16/h3-9H,1-2H3,(H,20,23). The van der Waals surface area contributed by atoms with E-state index in [0.717, 1.165) is 15.2 Å². The van der Waals surface area contributed by atoms with Crippen LogP contribution in [0.5, 0.6) is 0 Å². The Labute approximate surface area is 146 Å². The summed E-state index contributed by atoms with van der Waals surface area (Å²) in [6.45, 7) is 1.94. The van der Waals surface area contributed by atoms with Crippen LogP contribution in [0, 0.1) is 6.92 Å². The molecule has 2 aromatic carbocycles. The zero-order valence-corrected chi connectivity index (χ0v) is 14.4. The monoisotopic (exact) mass is 350 g/mol. The average Bonchev–Trinajstić information content (AvgIpc) is 3.00. The maximum Gasteiger partial charge on any atom is 0.282 e. The number of H-pyrrole nitrogens is 1. The van der Waals surface area contributed by atoms with Crippen molar-refractivity contribution >= 4 is 44.1 Å². The summed E-state index contributed by atoms with van der Waals surface area (Å²) in [6.07, 6.45) is 0. The van der Waals surface area contributed by atoms with Crippen LogP contribution >= 0.6 is 11.3 Å². The van der Waals surface area contributed by atoms with E-state index < -0.39 is 5.91 Å². The lowest BCUT2D eigenvalue weighted by Crippen LogP contribution is -2.32. The second kappa shape index (κ2) is 5.78. The molecule has 124 valence electrons. The fourth-order valence-corrected chi connectivity index (χ4v) is 3.59. The van der Waals surface area contributed by atoms with Crippen molar-refractivity contribution in [3.8, 4) is 0 Å². The van der Waals surface area contributed by atoms with Crippen molar-refractivity contribution in [2.24, 2.45) is 0 Å². The molecule has 0 bridgehead atoms. The molecule has 0 aliphatic rings. The van der Waals surface area contributed by atoms with Gasteiger partial charge in [-0.15, -0.1) is 11.3 Å². The van der Waals surface area contributed by atoms with Crippen molar-refractivity contribution in [1.82, 2.24) is 15.2 Å². The van der Waals surface area contributed by atoms with Gasteiger partial charge in [0.2, 0.25) is 5.43 Å². The van der Waals surface area contributed by atoms with Crippen LogP contribution in [0.25, 0.3) is 21.1 Å². The van der Waals surface area contributed by atoms with E-state index in [-0.39, 0.29) is 11.1 Å². The third kappa shape index (κ3) is 2.58. The molecule has 4 aromatic rings. The lowest BCUT2D eigenvalue weighted by Gasteiger charge is -2.16. The highest BCUT2D eigenvalue weighted by Crippen LogP contribution is 2.26. The van der Waals surface area contributed by atoms with Gasteiger partial charge in [0.15, 0.2) is 5.69 Å². The highest BCUT2D eigenvalue weighted by Gasteiger charge is 2.20. The lowest BCUT2D eigenvalue weighted by molar-refractivity contribution is 0.0986. The number of nitrogens with one attached hydrogen (secondary N) is 1. The molecule has 7 heteroatoms. The van der Waals surface area contributed by atoms with Gasteiger partial charge >= 0.3 is 0 Å². The molecule has 0 spiro atoms. The zero-order chi connectivity index (χ0) is 17.6. The molecule has 0 atom stereocenters. The molecule has 4 rings (SSSR count). The van der Waals surface area contributed by atoms with Gasteiger partial charge in [-0.25, -0.2) is 4.98 Å². The largest absolute Gasteiger partial charge is 0.310 e. The number of para-hydroxylation sites is 1. The molecule has 0 unspecified atom stereocenters. The van der Waals surface area contributed by atoms with Crippen LogP contribution in [0.1, 0.15) is 15.5 Å². The summed E-state index contributed by atoms with van der Waals surface area (Å²) in [5.41, 5.74) is 1.69. The zero-order valence-electron chi connectivity index (χ0n) is 13.6. The van der Waals surface area contributed by atoms with E-state index >= 15 is 0 Å². The molecule has 1 N–H and O–H groups in total. The highest BCUT2D eigenvalue weighted by atomic mass is 32.1. The normalized spacial score (nSPS) is 11.1. The van der Waals surface area contributed by atoms with Crippen LogP contribution in [-0.4, -0.2) is 28.1 Å². The predicted octanol–water partition coefficient (Wildman–Crippen LogP) is 3.12. The maximum atomic E-state index is 12.8. The quantitative estimate of drug-likeness (QED) is 0.602. The van der Waals surface area contributed by atoms with E-state index in [1.807, 2.05) is 25.1 Å². The summed E-state index contributed by atoms with van der Waals surface area (Å²) in [5, 5.41) is 8.17. The Morgan fingerprint density at radius 2 is 2.00 bits per heavy atom. The molecule has 0 aliphatic heterocycles. The van der Waals surface area contributed by atoms with E-state index in [1.165, 1.54) is 4.90 Å². The minimum atomic E-state index is -0.451. The number of benzene rings is 2. The predicted molar refractivity (Wildman–Crippen MR) is 99.5 cm³/mol. The number of aromatic amines is 1. The van der Waals surface area contributed by atoms with Gasteiger partial charge in [0.25, 0.3) is 5.91 Å². The summed E-state index contributed by atoms with van der Waals surface area (Å²) in [6, 6.07) is 12.6. The van der Waals surface area contributed by atoms with Gasteiger partial charge in [-0.05, 0) is 37.3 Å². The molecule has 0 radical (unpaired) electrons. The van der Waals surface area contributed by atoms with Crippen LogP contribution in [0.3, 0.4) is 0 Å². The second-order valence-electron chi connectivity index (χ2n) is 5.70. The number of carbonyl (C=O) groups is 1. The minimum Gasteiger partial charge on any atom is -0.310 e. The van der Waals surface area contributed by atoms with Crippen molar-refractivity contribution in [2.45, 2.75) is 6.92 Å². The molecule has 0 aliphatic carbocycles. The van der Waals surface area contributed by atoms with Gasteiger partial charge in [-0.2, -0.15) is 5.10 Å². The fraction of sp³-hybridized carbons (Fsp3) is 0.111. The van der Waals surface area contributed by atoms with E-state index in [4.69, 9.17) is 0 Å². The molecule has 1 amide bonds. The number of nitrogens with zero attached hydrogens (tertiary/aromatic N) is 3. The summed E-state index contributed by atoms with van der Waals surface area (Å²) in [4.78, 5) is 31.2. The van der Waals surface area contributed by atoms with Crippen molar-refractivity contribution in [3.05, 3.63) is 63.4 Å². The lowest BCUT2D eigenvalue weighted by atomic mass is 10.2. The first kappa shape index (κ1) is 15.5. The molecule has 6 nitrogen and oxygen atoms in total. The van der Waals surface area contributed by atoms with Crippen LogP contribution in [0.2, 0.25) is 0 Å². The van der Waals surface area contributed by atoms with Gasteiger partial charge in [-0.1, -0.05) is 12.1 Å². The number of amides is 1. The third-order valence-electron chi connectivity index (χ3n) is 4.05. The molecule has 0 fully saturated rings. The first-order valence-electron chi connectivity index (χ1n) is 7.67. The van der Waals surface area contributed by atoms with Crippen molar-refractivity contribution < 1.29 is 4.79 Å². The molecular formula is C18H14N4O2S. The first-order valence-corrected chi connectivity index (χ1v) is 8.49. The molecule has 2 aromatic heterocycles. The number of aromatic nitrogens is 3. The Balaban J connectivity index is 1.76. The molecule has 25 heavy (non-hydrogen) atoms. The third-order valence-corrected chi connectivity index (χ3v) is 4.98. The number of aryl methyl sites for hydroxylation is 1. The second-order valence-corrected chi connectivity index (χ2v) is 6.93. The van der Waals surface area contributed by atoms with Crippen LogP contribution < -0.4 is 10.3 Å². The smallest absolute Gasteiger partial charge is 0.282 e. The van der Waals surface area contributed by atoms with Gasteiger partial charge in [-0.3, -0.25) is 14.7 Å². The Kier molecular flexibility index (Phi) is 3.58. The van der Waals surface area contributed by atoms with E-state index in [1.54, 1.807) is 42.6 Å². The SMILES string of the molecule is Cc1nc2ccc(N(C)C(=O)c3n[nH]c4ccccc4c3=O)cc2s1. The van der Waals surface area contributed by atoms with Gasteiger partial charge < -0.3 is 4.90 Å². The van der Waals surface area contributed by atoms with Gasteiger partial charge in [0.05, 0.1) is 20.7 Å². The van der Waals surface area contributed by atoms with Crippen LogP contribution in [-0.2, 0) is 0 Å². The average molecular weight is 350 g/mol. The number of carbonyl (C=O) groups excluding carboxylic acids is 1. The van der Waals surface area contributed by atoms with Crippen molar-refractivity contribution in [2.75, 3.05) is 11.9 Å². The molecule has 2 heterocycles. The Morgan fingerprint density at radius 1 is 1.20 bits per heavy atom. The Bertz CT molecular complexity index is 1180. The van der Waals surface area contributed by atoms with Crippen molar-refractivity contribution in [1.29, 1.82) is 0 Å². The van der Waals surface area contributed by atoms with Crippen molar-refractivity contribution in [3.63, 3.8) is 0 Å². The number of thiazole rings is 1. The molecule has 0 saturated heterocycles. The minimum absolute atomic E-state index is 0.123. The summed E-state index contributed by atoms with van der Waals surface area (Å²) in [5.74, 6) is -0.451. The van der Waals surface area contributed by atoms with E-state index in [9.17, 15) is 9.59 Å². The van der Waals surface area contributed by atoms with Gasteiger partial charge in [0.1, 0.15) is 0 Å². The maximum absolute atomic E-state index is 12.8. The Morgan fingerprint density at radius 3 is 2.84 bits per heavy atom. The van der Waals surface area contributed by atoms with E-state index in [2.05, 4.69) is 15.2 Å². The highest BCUT2D eigenvalue weighted by molar-refractivity contribution is 7.18. The summed E-state index contributed by atoms with van der Waals surface area (Å²) < 4.78 is 0.995. The van der Waals surface area contributed by atoms with Crippen LogP contribution in [0.15, 0.2) is 47.3 Å². The molecule has 0 saturated carbocycles. The number of hydrogen-bond acceptors (Lipinski definition) is 5. The first-order chi connectivity index (χ1) is 12.0.